The van der Waals surface area contributed by atoms with Crippen LogP contribution in [0.25, 0.3) is 0 Å². The molecule has 1 aromatic rings. The van der Waals surface area contributed by atoms with E-state index in [1.165, 1.54) is 6.07 Å². The van der Waals surface area contributed by atoms with Crippen LogP contribution in [0.15, 0.2) is 24.3 Å². The third-order valence-corrected chi connectivity index (χ3v) is 3.08. The van der Waals surface area contributed by atoms with Crippen molar-refractivity contribution >= 4 is 11.8 Å². The lowest BCUT2D eigenvalue weighted by Crippen LogP contribution is -2.34. The Kier molecular flexibility index (Phi) is 3.60. The molecule has 2 unspecified atom stereocenters. The molecule has 4 nitrogen and oxygen atoms in total. The molecule has 5 heteroatoms. The van der Waals surface area contributed by atoms with Crippen molar-refractivity contribution in [3.63, 3.8) is 0 Å². The van der Waals surface area contributed by atoms with Gasteiger partial charge in [-0.1, -0.05) is 18.2 Å². The fraction of sp³-hybridized carbons (Fsp3) is 0.385. The second-order valence-electron chi connectivity index (χ2n) is 4.46. The molecule has 0 saturated carbocycles. The van der Waals surface area contributed by atoms with E-state index in [1.807, 2.05) is 0 Å². The van der Waals surface area contributed by atoms with E-state index >= 15 is 0 Å². The van der Waals surface area contributed by atoms with Crippen molar-refractivity contribution in [3.05, 3.63) is 35.6 Å². The van der Waals surface area contributed by atoms with Gasteiger partial charge in [0.25, 0.3) is 0 Å². The van der Waals surface area contributed by atoms with Gasteiger partial charge in [0.2, 0.25) is 11.8 Å². The Morgan fingerprint density at radius 2 is 2.22 bits per heavy atom. The SMILES string of the molecule is CC(NC(=O)C1CNC(=O)C1)c1ccccc1F. The highest BCUT2D eigenvalue weighted by Gasteiger charge is 2.28. The van der Waals surface area contributed by atoms with Gasteiger partial charge in [-0.15, -0.1) is 0 Å². The number of rotatable bonds is 3. The van der Waals surface area contributed by atoms with Crippen LogP contribution in [-0.2, 0) is 9.59 Å². The second kappa shape index (κ2) is 5.16. The Morgan fingerprint density at radius 3 is 2.83 bits per heavy atom. The molecule has 0 spiro atoms. The first kappa shape index (κ1) is 12.5. The zero-order valence-corrected chi connectivity index (χ0v) is 10.1. The average molecular weight is 250 g/mol. The molecule has 0 radical (unpaired) electrons. The van der Waals surface area contributed by atoms with E-state index in [4.69, 9.17) is 0 Å². The lowest BCUT2D eigenvalue weighted by atomic mass is 10.0. The average Bonchev–Trinajstić information content (AvgIpc) is 2.76. The topological polar surface area (TPSA) is 58.2 Å². The third kappa shape index (κ3) is 2.67. The van der Waals surface area contributed by atoms with Gasteiger partial charge >= 0.3 is 0 Å². The molecule has 18 heavy (non-hydrogen) atoms. The zero-order chi connectivity index (χ0) is 13.1. The van der Waals surface area contributed by atoms with Crippen molar-refractivity contribution in [2.24, 2.45) is 5.92 Å². The highest BCUT2D eigenvalue weighted by Crippen LogP contribution is 2.17. The fourth-order valence-corrected chi connectivity index (χ4v) is 2.03. The van der Waals surface area contributed by atoms with Crippen molar-refractivity contribution in [1.29, 1.82) is 0 Å². The second-order valence-corrected chi connectivity index (χ2v) is 4.46. The lowest BCUT2D eigenvalue weighted by Gasteiger charge is -2.17. The van der Waals surface area contributed by atoms with Crippen LogP contribution in [0.4, 0.5) is 4.39 Å². The molecule has 96 valence electrons. The molecule has 2 rings (SSSR count). The van der Waals surface area contributed by atoms with Gasteiger partial charge in [0.15, 0.2) is 0 Å². The van der Waals surface area contributed by atoms with Gasteiger partial charge in [-0.3, -0.25) is 9.59 Å². The first-order valence-electron chi connectivity index (χ1n) is 5.89. The van der Waals surface area contributed by atoms with Crippen LogP contribution < -0.4 is 10.6 Å². The summed E-state index contributed by atoms with van der Waals surface area (Å²) < 4.78 is 13.5. The maximum atomic E-state index is 13.5. The molecule has 0 aromatic heterocycles. The van der Waals surface area contributed by atoms with Crippen LogP contribution >= 0.6 is 0 Å². The van der Waals surface area contributed by atoms with Crippen molar-refractivity contribution in [2.75, 3.05) is 6.54 Å². The molecular formula is C13H15FN2O2. The van der Waals surface area contributed by atoms with E-state index in [0.29, 0.717) is 12.1 Å². The molecule has 2 N–H and O–H groups in total. The van der Waals surface area contributed by atoms with Crippen LogP contribution in [0, 0.1) is 11.7 Å². The van der Waals surface area contributed by atoms with E-state index in [9.17, 15) is 14.0 Å². The van der Waals surface area contributed by atoms with E-state index in [1.54, 1.807) is 25.1 Å². The Balaban J connectivity index is 1.99. The number of benzene rings is 1. The molecule has 1 aliphatic heterocycles. The van der Waals surface area contributed by atoms with Crippen molar-refractivity contribution in [2.45, 2.75) is 19.4 Å². The smallest absolute Gasteiger partial charge is 0.225 e. The largest absolute Gasteiger partial charge is 0.355 e. The normalized spacial score (nSPS) is 20.3. The summed E-state index contributed by atoms with van der Waals surface area (Å²) in [6.45, 7) is 2.08. The summed E-state index contributed by atoms with van der Waals surface area (Å²) in [6, 6.07) is 5.92. The third-order valence-electron chi connectivity index (χ3n) is 3.08. The van der Waals surface area contributed by atoms with Crippen molar-refractivity contribution in [1.82, 2.24) is 10.6 Å². The molecule has 2 atom stereocenters. The zero-order valence-electron chi connectivity index (χ0n) is 10.1. The number of amides is 2. The fourth-order valence-electron chi connectivity index (χ4n) is 2.03. The van der Waals surface area contributed by atoms with Gasteiger partial charge in [0.05, 0.1) is 12.0 Å². The van der Waals surface area contributed by atoms with Crippen LogP contribution in [0.1, 0.15) is 24.9 Å². The predicted molar refractivity (Wildman–Crippen MR) is 64.1 cm³/mol. The quantitative estimate of drug-likeness (QED) is 0.845. The maximum absolute atomic E-state index is 13.5. The lowest BCUT2D eigenvalue weighted by molar-refractivity contribution is -0.127. The molecule has 0 aliphatic carbocycles. The van der Waals surface area contributed by atoms with Crippen molar-refractivity contribution < 1.29 is 14.0 Å². The number of hydrogen-bond acceptors (Lipinski definition) is 2. The summed E-state index contributed by atoms with van der Waals surface area (Å²) in [5, 5.41) is 5.33. The Morgan fingerprint density at radius 1 is 1.50 bits per heavy atom. The summed E-state index contributed by atoms with van der Waals surface area (Å²) in [5.41, 5.74) is 0.447. The first-order chi connectivity index (χ1) is 8.58. The molecule has 2 amide bonds. The summed E-state index contributed by atoms with van der Waals surface area (Å²) in [7, 11) is 0. The molecular weight excluding hydrogens is 235 g/mol. The van der Waals surface area contributed by atoms with Gasteiger partial charge in [0.1, 0.15) is 5.82 Å². The van der Waals surface area contributed by atoms with Gasteiger partial charge in [-0.25, -0.2) is 4.39 Å². The van der Waals surface area contributed by atoms with Crippen LogP contribution in [-0.4, -0.2) is 18.4 Å². The van der Waals surface area contributed by atoms with E-state index in [0.717, 1.165) is 0 Å². The van der Waals surface area contributed by atoms with Crippen molar-refractivity contribution in [3.8, 4) is 0 Å². The number of carbonyl (C=O) groups excluding carboxylic acids is 2. The number of hydrogen-bond donors (Lipinski definition) is 2. The van der Waals surface area contributed by atoms with Crippen LogP contribution in [0.5, 0.6) is 0 Å². The van der Waals surface area contributed by atoms with Gasteiger partial charge in [0, 0.05) is 18.5 Å². The summed E-state index contributed by atoms with van der Waals surface area (Å²) in [5.74, 6) is -1.03. The van der Waals surface area contributed by atoms with E-state index < -0.39 is 6.04 Å². The summed E-state index contributed by atoms with van der Waals surface area (Å²) >= 11 is 0. The summed E-state index contributed by atoms with van der Waals surface area (Å²) in [4.78, 5) is 22.9. The van der Waals surface area contributed by atoms with E-state index in [2.05, 4.69) is 10.6 Å². The Bertz CT molecular complexity index is 476. The molecule has 1 fully saturated rings. The first-order valence-corrected chi connectivity index (χ1v) is 5.89. The maximum Gasteiger partial charge on any atom is 0.225 e. The molecule has 1 aromatic carbocycles. The minimum atomic E-state index is -0.408. The standard InChI is InChI=1S/C13H15FN2O2/c1-8(10-4-2-3-5-11(10)14)16-13(18)9-6-12(17)15-7-9/h2-5,8-9H,6-7H2,1H3,(H,15,17)(H,16,18). The minimum Gasteiger partial charge on any atom is -0.355 e. The Labute approximate surface area is 105 Å². The van der Waals surface area contributed by atoms with Gasteiger partial charge in [-0.2, -0.15) is 0 Å². The molecule has 1 saturated heterocycles. The molecule has 1 heterocycles. The highest BCUT2D eigenvalue weighted by molar-refractivity contribution is 5.89. The van der Waals surface area contributed by atoms with Gasteiger partial charge < -0.3 is 10.6 Å². The monoisotopic (exact) mass is 250 g/mol. The van der Waals surface area contributed by atoms with Crippen LogP contribution in [0.3, 0.4) is 0 Å². The van der Waals surface area contributed by atoms with E-state index in [-0.39, 0.29) is 30.0 Å². The molecule has 1 aliphatic rings. The van der Waals surface area contributed by atoms with Crippen LogP contribution in [0.2, 0.25) is 0 Å². The predicted octanol–water partition coefficient (Wildman–Crippen LogP) is 1.14. The number of carbonyl (C=O) groups is 2. The van der Waals surface area contributed by atoms with Gasteiger partial charge in [-0.05, 0) is 13.0 Å². The Hall–Kier alpha value is -1.91. The number of halogens is 1. The minimum absolute atomic E-state index is 0.117. The number of nitrogens with one attached hydrogen (secondary N) is 2. The molecule has 0 bridgehead atoms. The highest BCUT2D eigenvalue weighted by atomic mass is 19.1. The summed E-state index contributed by atoms with van der Waals surface area (Å²) in [6.07, 6.45) is 0.204.